The van der Waals surface area contributed by atoms with Gasteiger partial charge in [0.15, 0.2) is 5.82 Å². The van der Waals surface area contributed by atoms with Crippen LogP contribution in [-0.4, -0.2) is 24.1 Å². The lowest BCUT2D eigenvalue weighted by atomic mass is 10.1. The number of hydrogen-bond acceptors (Lipinski definition) is 3. The zero-order valence-corrected chi connectivity index (χ0v) is 13.2. The minimum atomic E-state index is 0.411. The molecular formula is C16H13Cl2N3. The van der Waals surface area contributed by atoms with Crippen molar-refractivity contribution in [2.24, 2.45) is 0 Å². The molecule has 0 saturated carbocycles. The number of anilines is 1. The van der Waals surface area contributed by atoms with Crippen molar-refractivity contribution >= 4 is 39.8 Å². The second kappa shape index (κ2) is 5.51. The number of aromatic nitrogens is 2. The van der Waals surface area contributed by atoms with Crippen molar-refractivity contribution in [3.05, 3.63) is 52.6 Å². The van der Waals surface area contributed by atoms with Gasteiger partial charge in [0.25, 0.3) is 0 Å². The first-order valence-electron chi connectivity index (χ1n) is 6.45. The lowest BCUT2D eigenvalue weighted by Crippen LogP contribution is -2.08. The van der Waals surface area contributed by atoms with Crippen LogP contribution < -0.4 is 4.90 Å². The largest absolute Gasteiger partial charge is 0.378 e. The van der Waals surface area contributed by atoms with Crippen LogP contribution in [0.2, 0.25) is 10.2 Å². The van der Waals surface area contributed by atoms with Crippen LogP contribution in [0.5, 0.6) is 0 Å². The van der Waals surface area contributed by atoms with Crippen LogP contribution in [-0.2, 0) is 0 Å². The molecule has 2 aromatic carbocycles. The van der Waals surface area contributed by atoms with Crippen LogP contribution >= 0.6 is 23.2 Å². The van der Waals surface area contributed by atoms with Crippen molar-refractivity contribution in [3.63, 3.8) is 0 Å². The number of rotatable bonds is 2. The van der Waals surface area contributed by atoms with E-state index in [0.717, 1.165) is 22.2 Å². The van der Waals surface area contributed by atoms with Gasteiger partial charge in [-0.25, -0.2) is 9.97 Å². The zero-order valence-electron chi connectivity index (χ0n) is 11.6. The fourth-order valence-corrected chi connectivity index (χ4v) is 2.50. The molecule has 1 heterocycles. The molecule has 21 heavy (non-hydrogen) atoms. The van der Waals surface area contributed by atoms with E-state index in [1.807, 2.05) is 49.3 Å². The summed E-state index contributed by atoms with van der Waals surface area (Å²) < 4.78 is 0. The molecule has 3 aromatic rings. The van der Waals surface area contributed by atoms with Crippen LogP contribution in [0.3, 0.4) is 0 Å². The molecule has 0 bridgehead atoms. The summed E-state index contributed by atoms with van der Waals surface area (Å²) in [5.41, 5.74) is 2.84. The Bertz CT molecular complexity index is 798. The molecule has 0 spiro atoms. The highest BCUT2D eigenvalue weighted by Crippen LogP contribution is 2.27. The van der Waals surface area contributed by atoms with E-state index in [1.165, 1.54) is 0 Å². The molecule has 0 aliphatic heterocycles. The van der Waals surface area contributed by atoms with E-state index in [2.05, 4.69) is 9.97 Å². The van der Waals surface area contributed by atoms with Gasteiger partial charge in [-0.05, 0) is 42.5 Å². The van der Waals surface area contributed by atoms with E-state index in [0.29, 0.717) is 16.0 Å². The highest BCUT2D eigenvalue weighted by atomic mass is 35.5. The van der Waals surface area contributed by atoms with Crippen molar-refractivity contribution in [1.29, 1.82) is 0 Å². The Balaban J connectivity index is 2.10. The number of fused-ring (bicyclic) bond motifs is 1. The highest BCUT2D eigenvalue weighted by molar-refractivity contribution is 6.35. The smallest absolute Gasteiger partial charge is 0.161 e. The van der Waals surface area contributed by atoms with E-state index in [4.69, 9.17) is 23.2 Å². The predicted molar refractivity (Wildman–Crippen MR) is 89.3 cm³/mol. The molecule has 0 N–H and O–H groups in total. The monoisotopic (exact) mass is 317 g/mol. The Morgan fingerprint density at radius 3 is 2.29 bits per heavy atom. The summed E-state index contributed by atoms with van der Waals surface area (Å²) in [7, 11) is 4.00. The van der Waals surface area contributed by atoms with Gasteiger partial charge in [0.2, 0.25) is 0 Å². The van der Waals surface area contributed by atoms with Gasteiger partial charge in [-0.15, -0.1) is 0 Å². The molecule has 0 saturated heterocycles. The summed E-state index contributed by atoms with van der Waals surface area (Å²) >= 11 is 12.2. The summed E-state index contributed by atoms with van der Waals surface area (Å²) in [6.45, 7) is 0. The molecule has 3 nitrogen and oxygen atoms in total. The van der Waals surface area contributed by atoms with Gasteiger partial charge in [0.05, 0.1) is 5.52 Å². The average Bonchev–Trinajstić information content (AvgIpc) is 2.48. The van der Waals surface area contributed by atoms with Crippen molar-refractivity contribution in [2.45, 2.75) is 0 Å². The van der Waals surface area contributed by atoms with Gasteiger partial charge in [-0.3, -0.25) is 0 Å². The van der Waals surface area contributed by atoms with E-state index in [1.54, 1.807) is 12.1 Å². The highest BCUT2D eigenvalue weighted by Gasteiger charge is 2.08. The molecule has 106 valence electrons. The molecule has 0 fully saturated rings. The van der Waals surface area contributed by atoms with E-state index >= 15 is 0 Å². The topological polar surface area (TPSA) is 29.0 Å². The maximum absolute atomic E-state index is 6.25. The summed E-state index contributed by atoms with van der Waals surface area (Å²) in [5, 5.41) is 1.79. The molecule has 0 amide bonds. The van der Waals surface area contributed by atoms with Crippen LogP contribution in [0.4, 0.5) is 5.69 Å². The van der Waals surface area contributed by atoms with Crippen molar-refractivity contribution < 1.29 is 0 Å². The predicted octanol–water partition coefficient (Wildman–Crippen LogP) is 4.67. The SMILES string of the molecule is CN(C)c1ccc(-c2nc(Cl)c3cc(Cl)ccc3n2)cc1. The Hall–Kier alpha value is -1.84. The Kier molecular flexibility index (Phi) is 3.70. The maximum atomic E-state index is 6.25. The van der Waals surface area contributed by atoms with Gasteiger partial charge in [0.1, 0.15) is 5.15 Å². The van der Waals surface area contributed by atoms with E-state index < -0.39 is 0 Å². The van der Waals surface area contributed by atoms with Crippen molar-refractivity contribution in [3.8, 4) is 11.4 Å². The third kappa shape index (κ3) is 2.80. The summed E-state index contributed by atoms with van der Waals surface area (Å²) in [5.74, 6) is 0.611. The first kappa shape index (κ1) is 14.1. The third-order valence-electron chi connectivity index (χ3n) is 3.25. The van der Waals surface area contributed by atoms with Crippen molar-refractivity contribution in [1.82, 2.24) is 9.97 Å². The molecule has 0 atom stereocenters. The normalized spacial score (nSPS) is 10.9. The van der Waals surface area contributed by atoms with Gasteiger partial charge in [-0.1, -0.05) is 23.2 Å². The second-order valence-corrected chi connectivity index (χ2v) is 5.74. The summed E-state index contributed by atoms with van der Waals surface area (Å²) in [6.07, 6.45) is 0. The molecule has 0 aliphatic rings. The fraction of sp³-hybridized carbons (Fsp3) is 0.125. The van der Waals surface area contributed by atoms with Crippen LogP contribution in [0.25, 0.3) is 22.3 Å². The lowest BCUT2D eigenvalue weighted by Gasteiger charge is -2.12. The molecule has 1 aromatic heterocycles. The van der Waals surface area contributed by atoms with Gasteiger partial charge >= 0.3 is 0 Å². The van der Waals surface area contributed by atoms with Gasteiger partial charge < -0.3 is 4.90 Å². The molecule has 0 radical (unpaired) electrons. The van der Waals surface area contributed by atoms with Gasteiger partial charge in [-0.2, -0.15) is 0 Å². The second-order valence-electron chi connectivity index (χ2n) is 4.94. The van der Waals surface area contributed by atoms with E-state index in [-0.39, 0.29) is 0 Å². The van der Waals surface area contributed by atoms with E-state index in [9.17, 15) is 0 Å². The van der Waals surface area contributed by atoms with Crippen LogP contribution in [0.1, 0.15) is 0 Å². The molecule has 5 heteroatoms. The van der Waals surface area contributed by atoms with Crippen LogP contribution in [0.15, 0.2) is 42.5 Å². The Morgan fingerprint density at radius 1 is 0.905 bits per heavy atom. The third-order valence-corrected chi connectivity index (χ3v) is 3.78. The minimum Gasteiger partial charge on any atom is -0.378 e. The maximum Gasteiger partial charge on any atom is 0.161 e. The quantitative estimate of drug-likeness (QED) is 0.643. The van der Waals surface area contributed by atoms with Crippen molar-refractivity contribution in [2.75, 3.05) is 19.0 Å². The summed E-state index contributed by atoms with van der Waals surface area (Å²) in [6, 6.07) is 13.5. The number of nitrogens with zero attached hydrogens (tertiary/aromatic N) is 3. The van der Waals surface area contributed by atoms with Crippen LogP contribution in [0, 0.1) is 0 Å². The molecule has 0 unspecified atom stereocenters. The Morgan fingerprint density at radius 2 is 1.62 bits per heavy atom. The average molecular weight is 318 g/mol. The number of hydrogen-bond donors (Lipinski definition) is 0. The Labute approximate surface area is 133 Å². The zero-order chi connectivity index (χ0) is 15.0. The molecule has 3 rings (SSSR count). The number of halogens is 2. The summed E-state index contributed by atoms with van der Waals surface area (Å²) in [4.78, 5) is 11.0. The molecular weight excluding hydrogens is 305 g/mol. The molecule has 0 aliphatic carbocycles. The first-order chi connectivity index (χ1) is 10.0. The lowest BCUT2D eigenvalue weighted by molar-refractivity contribution is 1.13. The standard InChI is InChI=1S/C16H13Cl2N3/c1-21(2)12-6-3-10(4-7-12)16-19-14-8-5-11(17)9-13(14)15(18)20-16/h3-9H,1-2H3. The number of benzene rings is 2. The minimum absolute atomic E-state index is 0.411. The fourth-order valence-electron chi connectivity index (χ4n) is 2.10. The van der Waals surface area contributed by atoms with Gasteiger partial charge in [0, 0.05) is 35.8 Å². The first-order valence-corrected chi connectivity index (χ1v) is 7.21.